The molecule has 0 spiro atoms. The molecule has 18 heavy (non-hydrogen) atoms. The minimum absolute atomic E-state index is 0.0151. The van der Waals surface area contributed by atoms with E-state index in [4.69, 9.17) is 9.47 Å². The van der Waals surface area contributed by atoms with Crippen LogP contribution in [-0.4, -0.2) is 25.7 Å². The standard InChI is InChI=1S/C14H21NO3/c1-10(2)14(16)15-11(3)9-18-13-8-6-5-7-12(13)17-4/h5-8,10-11H,9H2,1-4H3,(H,15,16)/t11-/m0/s1. The minimum atomic E-state index is -0.0372. The van der Waals surface area contributed by atoms with Crippen LogP contribution in [0.25, 0.3) is 0 Å². The maximum Gasteiger partial charge on any atom is 0.222 e. The zero-order valence-corrected chi connectivity index (χ0v) is 11.4. The molecule has 0 aliphatic rings. The first-order valence-electron chi connectivity index (χ1n) is 6.10. The van der Waals surface area contributed by atoms with Gasteiger partial charge in [-0.25, -0.2) is 0 Å². The van der Waals surface area contributed by atoms with Crippen molar-refractivity contribution in [2.75, 3.05) is 13.7 Å². The number of methoxy groups -OCH3 is 1. The van der Waals surface area contributed by atoms with Gasteiger partial charge in [0.2, 0.25) is 5.91 Å². The van der Waals surface area contributed by atoms with Crippen molar-refractivity contribution in [1.82, 2.24) is 5.32 Å². The summed E-state index contributed by atoms with van der Waals surface area (Å²) in [6, 6.07) is 7.41. The molecule has 1 atom stereocenters. The van der Waals surface area contributed by atoms with Gasteiger partial charge in [0.05, 0.1) is 13.2 Å². The fourth-order valence-electron chi connectivity index (χ4n) is 1.40. The van der Waals surface area contributed by atoms with E-state index >= 15 is 0 Å². The quantitative estimate of drug-likeness (QED) is 0.843. The van der Waals surface area contributed by atoms with Crippen molar-refractivity contribution in [2.45, 2.75) is 26.8 Å². The van der Waals surface area contributed by atoms with Gasteiger partial charge in [-0.3, -0.25) is 4.79 Å². The summed E-state index contributed by atoms with van der Waals surface area (Å²) in [4.78, 5) is 11.5. The molecule has 1 amide bonds. The van der Waals surface area contributed by atoms with Gasteiger partial charge < -0.3 is 14.8 Å². The maximum atomic E-state index is 11.5. The van der Waals surface area contributed by atoms with Gasteiger partial charge in [-0.15, -0.1) is 0 Å². The summed E-state index contributed by atoms with van der Waals surface area (Å²) in [5, 5.41) is 2.88. The summed E-state index contributed by atoms with van der Waals surface area (Å²) in [7, 11) is 1.60. The lowest BCUT2D eigenvalue weighted by Crippen LogP contribution is -2.39. The summed E-state index contributed by atoms with van der Waals surface area (Å²) in [5.74, 6) is 1.40. The number of hydrogen-bond donors (Lipinski definition) is 1. The molecule has 100 valence electrons. The molecule has 0 aliphatic heterocycles. The number of nitrogens with one attached hydrogen (secondary N) is 1. The average molecular weight is 251 g/mol. The van der Waals surface area contributed by atoms with Gasteiger partial charge in [-0.05, 0) is 19.1 Å². The number of carbonyl (C=O) groups is 1. The van der Waals surface area contributed by atoms with Gasteiger partial charge in [-0.2, -0.15) is 0 Å². The van der Waals surface area contributed by atoms with Crippen LogP contribution in [0.3, 0.4) is 0 Å². The molecule has 0 saturated carbocycles. The molecule has 0 radical (unpaired) electrons. The van der Waals surface area contributed by atoms with E-state index in [9.17, 15) is 4.79 Å². The van der Waals surface area contributed by atoms with Gasteiger partial charge in [0, 0.05) is 5.92 Å². The zero-order valence-electron chi connectivity index (χ0n) is 11.4. The second kappa shape index (κ2) is 6.89. The average Bonchev–Trinajstić information content (AvgIpc) is 2.36. The van der Waals surface area contributed by atoms with Crippen molar-refractivity contribution >= 4 is 5.91 Å². The van der Waals surface area contributed by atoms with Crippen LogP contribution in [-0.2, 0) is 4.79 Å². The van der Waals surface area contributed by atoms with E-state index in [1.165, 1.54) is 0 Å². The third-order valence-electron chi connectivity index (χ3n) is 2.47. The van der Waals surface area contributed by atoms with Crippen molar-refractivity contribution in [1.29, 1.82) is 0 Å². The number of hydrogen-bond acceptors (Lipinski definition) is 3. The highest BCUT2D eigenvalue weighted by Crippen LogP contribution is 2.25. The van der Waals surface area contributed by atoms with Crippen LogP contribution >= 0.6 is 0 Å². The van der Waals surface area contributed by atoms with E-state index in [2.05, 4.69) is 5.32 Å². The zero-order chi connectivity index (χ0) is 13.5. The molecule has 0 heterocycles. The van der Waals surface area contributed by atoms with Gasteiger partial charge in [0.25, 0.3) is 0 Å². The molecule has 4 heteroatoms. The van der Waals surface area contributed by atoms with E-state index in [-0.39, 0.29) is 17.9 Å². The third kappa shape index (κ3) is 4.28. The number of benzene rings is 1. The molecule has 0 unspecified atom stereocenters. The highest BCUT2D eigenvalue weighted by molar-refractivity contribution is 5.78. The molecule has 0 bridgehead atoms. The summed E-state index contributed by atoms with van der Waals surface area (Å²) in [5.41, 5.74) is 0. The predicted octanol–water partition coefficient (Wildman–Crippen LogP) is 2.23. The van der Waals surface area contributed by atoms with Gasteiger partial charge >= 0.3 is 0 Å². The van der Waals surface area contributed by atoms with E-state index < -0.39 is 0 Å². The molecular formula is C14H21NO3. The Kier molecular flexibility index (Phi) is 5.49. The number of carbonyl (C=O) groups excluding carboxylic acids is 1. The van der Waals surface area contributed by atoms with Crippen LogP contribution in [0, 0.1) is 5.92 Å². The van der Waals surface area contributed by atoms with Crippen molar-refractivity contribution in [2.24, 2.45) is 5.92 Å². The lowest BCUT2D eigenvalue weighted by molar-refractivity contribution is -0.124. The fraction of sp³-hybridized carbons (Fsp3) is 0.500. The van der Waals surface area contributed by atoms with E-state index in [1.54, 1.807) is 7.11 Å². The lowest BCUT2D eigenvalue weighted by Gasteiger charge is -2.17. The maximum absolute atomic E-state index is 11.5. The van der Waals surface area contributed by atoms with E-state index in [0.29, 0.717) is 18.1 Å². The summed E-state index contributed by atoms with van der Waals surface area (Å²) in [6.45, 7) is 6.06. The second-order valence-corrected chi connectivity index (χ2v) is 4.53. The molecular weight excluding hydrogens is 230 g/mol. The molecule has 1 rings (SSSR count). The molecule has 0 aliphatic carbocycles. The Balaban J connectivity index is 2.47. The first-order valence-corrected chi connectivity index (χ1v) is 6.10. The highest BCUT2D eigenvalue weighted by atomic mass is 16.5. The Morgan fingerprint density at radius 1 is 1.22 bits per heavy atom. The third-order valence-corrected chi connectivity index (χ3v) is 2.47. The SMILES string of the molecule is COc1ccccc1OC[C@H](C)NC(=O)C(C)C. The van der Waals surface area contributed by atoms with Gasteiger partial charge in [-0.1, -0.05) is 26.0 Å². The summed E-state index contributed by atoms with van der Waals surface area (Å²) >= 11 is 0. The summed E-state index contributed by atoms with van der Waals surface area (Å²) in [6.07, 6.45) is 0. The monoisotopic (exact) mass is 251 g/mol. The smallest absolute Gasteiger partial charge is 0.222 e. The Hall–Kier alpha value is -1.71. The van der Waals surface area contributed by atoms with Gasteiger partial charge in [0.15, 0.2) is 11.5 Å². The molecule has 1 aromatic rings. The summed E-state index contributed by atoms with van der Waals surface area (Å²) < 4.78 is 10.8. The van der Waals surface area contributed by atoms with Gasteiger partial charge in [0.1, 0.15) is 6.61 Å². The molecule has 0 fully saturated rings. The van der Waals surface area contributed by atoms with Crippen LogP contribution in [0.4, 0.5) is 0 Å². The lowest BCUT2D eigenvalue weighted by atomic mass is 10.2. The minimum Gasteiger partial charge on any atom is -0.493 e. The Morgan fingerprint density at radius 3 is 2.39 bits per heavy atom. The number of para-hydroxylation sites is 2. The normalized spacial score (nSPS) is 12.1. The van der Waals surface area contributed by atoms with E-state index in [1.807, 2.05) is 45.0 Å². The second-order valence-electron chi connectivity index (χ2n) is 4.53. The molecule has 1 aromatic carbocycles. The van der Waals surface area contributed by atoms with Crippen LogP contribution in [0.2, 0.25) is 0 Å². The Labute approximate surface area is 108 Å². The Bertz CT molecular complexity index is 390. The molecule has 1 N–H and O–H groups in total. The molecule has 4 nitrogen and oxygen atoms in total. The van der Waals surface area contributed by atoms with E-state index in [0.717, 1.165) is 0 Å². The number of rotatable bonds is 6. The van der Waals surface area contributed by atoms with Crippen LogP contribution < -0.4 is 14.8 Å². The topological polar surface area (TPSA) is 47.6 Å². The van der Waals surface area contributed by atoms with Crippen molar-refractivity contribution in [3.8, 4) is 11.5 Å². The molecule has 0 saturated heterocycles. The van der Waals surface area contributed by atoms with Crippen molar-refractivity contribution in [3.05, 3.63) is 24.3 Å². The first-order chi connectivity index (χ1) is 8.54. The van der Waals surface area contributed by atoms with Crippen LogP contribution in [0.1, 0.15) is 20.8 Å². The van der Waals surface area contributed by atoms with Crippen molar-refractivity contribution < 1.29 is 14.3 Å². The highest BCUT2D eigenvalue weighted by Gasteiger charge is 2.12. The number of ether oxygens (including phenoxy) is 2. The van der Waals surface area contributed by atoms with Crippen LogP contribution in [0.5, 0.6) is 11.5 Å². The largest absolute Gasteiger partial charge is 0.493 e. The number of amides is 1. The Morgan fingerprint density at radius 2 is 1.83 bits per heavy atom. The van der Waals surface area contributed by atoms with Crippen LogP contribution in [0.15, 0.2) is 24.3 Å². The first kappa shape index (κ1) is 14.4. The predicted molar refractivity (Wildman–Crippen MR) is 70.9 cm³/mol. The van der Waals surface area contributed by atoms with Crippen molar-refractivity contribution in [3.63, 3.8) is 0 Å². The fourth-order valence-corrected chi connectivity index (χ4v) is 1.40. The molecule has 0 aromatic heterocycles.